The molecule has 6 heteroatoms. The van der Waals surface area contributed by atoms with E-state index in [-0.39, 0.29) is 18.2 Å². The fraction of sp³-hybridized carbons (Fsp3) is 0.348. The van der Waals surface area contributed by atoms with Crippen LogP contribution in [-0.2, 0) is 11.2 Å². The molecule has 1 saturated heterocycles. The zero-order chi connectivity index (χ0) is 21.2. The van der Waals surface area contributed by atoms with Crippen LogP contribution in [0.1, 0.15) is 40.4 Å². The van der Waals surface area contributed by atoms with Gasteiger partial charge in [-0.15, -0.1) is 0 Å². The van der Waals surface area contributed by atoms with Gasteiger partial charge in [-0.3, -0.25) is 14.5 Å². The number of amides is 3. The lowest BCUT2D eigenvalue weighted by Gasteiger charge is -2.21. The zero-order valence-electron chi connectivity index (χ0n) is 17.2. The van der Waals surface area contributed by atoms with Gasteiger partial charge in [-0.25, -0.2) is 4.79 Å². The van der Waals surface area contributed by atoms with Crippen molar-refractivity contribution in [3.63, 3.8) is 0 Å². The molecule has 3 amide bonds. The van der Waals surface area contributed by atoms with Gasteiger partial charge in [0.05, 0.1) is 13.7 Å². The number of hydrogen-bond acceptors (Lipinski definition) is 4. The van der Waals surface area contributed by atoms with Crippen molar-refractivity contribution in [2.75, 3.05) is 13.7 Å². The minimum absolute atomic E-state index is 0.245. The van der Waals surface area contributed by atoms with Gasteiger partial charge in [-0.1, -0.05) is 35.9 Å². The maximum Gasteiger partial charge on any atom is 0.325 e. The first-order valence-electron chi connectivity index (χ1n) is 9.61. The van der Waals surface area contributed by atoms with Gasteiger partial charge in [0.1, 0.15) is 11.3 Å². The number of ether oxygens (including phenoxy) is 1. The third kappa shape index (κ3) is 4.31. The van der Waals surface area contributed by atoms with Crippen LogP contribution in [-0.4, -0.2) is 41.8 Å². The molecule has 6 nitrogen and oxygen atoms in total. The average molecular weight is 394 g/mol. The second-order valence-electron chi connectivity index (χ2n) is 7.74. The number of carbonyl (C=O) groups excluding carboxylic acids is 3. The summed E-state index contributed by atoms with van der Waals surface area (Å²) in [4.78, 5) is 39.1. The van der Waals surface area contributed by atoms with E-state index in [9.17, 15) is 14.4 Å². The second kappa shape index (κ2) is 8.07. The van der Waals surface area contributed by atoms with Crippen molar-refractivity contribution < 1.29 is 19.1 Å². The Morgan fingerprint density at radius 1 is 1.10 bits per heavy atom. The van der Waals surface area contributed by atoms with Crippen LogP contribution in [0.3, 0.4) is 0 Å². The summed E-state index contributed by atoms with van der Waals surface area (Å²) in [5.41, 5.74) is 2.44. The predicted molar refractivity (Wildman–Crippen MR) is 110 cm³/mol. The molecule has 1 N–H and O–H groups in total. The Balaban J connectivity index is 1.68. The lowest BCUT2D eigenvalue weighted by molar-refractivity contribution is -0.130. The molecule has 2 aromatic carbocycles. The van der Waals surface area contributed by atoms with E-state index in [4.69, 9.17) is 4.74 Å². The van der Waals surface area contributed by atoms with E-state index in [1.165, 1.54) is 0 Å². The lowest BCUT2D eigenvalue weighted by atomic mass is 9.93. The van der Waals surface area contributed by atoms with E-state index in [1.807, 2.05) is 50.2 Å². The molecule has 0 spiro atoms. The fourth-order valence-corrected chi connectivity index (χ4v) is 3.60. The quantitative estimate of drug-likeness (QED) is 0.577. The zero-order valence-corrected chi connectivity index (χ0v) is 17.2. The highest BCUT2D eigenvalue weighted by atomic mass is 16.5. The Morgan fingerprint density at radius 3 is 2.41 bits per heavy atom. The van der Waals surface area contributed by atoms with E-state index < -0.39 is 11.6 Å². The van der Waals surface area contributed by atoms with Crippen LogP contribution in [0, 0.1) is 13.8 Å². The highest BCUT2D eigenvalue weighted by Crippen LogP contribution is 2.24. The number of Topliss-reactive ketones (excluding diaryl/α,β-unsaturated/α-hetero) is 1. The van der Waals surface area contributed by atoms with Crippen LogP contribution >= 0.6 is 0 Å². The summed E-state index contributed by atoms with van der Waals surface area (Å²) >= 11 is 0. The molecule has 152 valence electrons. The predicted octanol–water partition coefficient (Wildman–Crippen LogP) is 3.44. The Morgan fingerprint density at radius 2 is 1.79 bits per heavy atom. The third-order valence-electron chi connectivity index (χ3n) is 5.40. The van der Waals surface area contributed by atoms with Crippen molar-refractivity contribution in [1.82, 2.24) is 10.2 Å². The molecule has 1 aliphatic rings. The van der Waals surface area contributed by atoms with Crippen LogP contribution in [0.25, 0.3) is 0 Å². The molecule has 0 bridgehead atoms. The number of aryl methyl sites for hydroxylation is 3. The summed E-state index contributed by atoms with van der Waals surface area (Å²) in [6, 6.07) is 12.6. The van der Waals surface area contributed by atoms with E-state index in [0.29, 0.717) is 18.4 Å². The molecule has 1 fully saturated rings. The van der Waals surface area contributed by atoms with Crippen molar-refractivity contribution in [1.29, 1.82) is 0 Å². The molecule has 0 unspecified atom stereocenters. The molecule has 1 aliphatic heterocycles. The Bertz CT molecular complexity index is 952. The first-order valence-corrected chi connectivity index (χ1v) is 9.61. The number of nitrogens with zero attached hydrogens (tertiary/aromatic N) is 1. The summed E-state index contributed by atoms with van der Waals surface area (Å²) in [7, 11) is 1.61. The summed E-state index contributed by atoms with van der Waals surface area (Å²) in [6.45, 7) is 5.25. The monoisotopic (exact) mass is 394 g/mol. The van der Waals surface area contributed by atoms with E-state index >= 15 is 0 Å². The number of carbonyl (C=O) groups is 3. The SMILES string of the molecule is COc1ccc(CC[C@@]2(C)NC(=O)N(CC(=O)c3ccc(C)cc3C)C2=O)cc1. The molecule has 3 rings (SSSR count). The fourth-order valence-electron chi connectivity index (χ4n) is 3.60. The summed E-state index contributed by atoms with van der Waals surface area (Å²) in [5, 5.41) is 2.76. The van der Waals surface area contributed by atoms with Gasteiger partial charge in [-0.2, -0.15) is 0 Å². The standard InChI is InChI=1S/C23H26N2O4/c1-15-5-10-19(16(2)13-15)20(26)14-25-21(27)23(3,24-22(25)28)12-11-17-6-8-18(29-4)9-7-17/h5-10,13H,11-12,14H2,1-4H3,(H,24,28)/t23-/m1/s1. The molecule has 0 aromatic heterocycles. The molecule has 1 heterocycles. The van der Waals surface area contributed by atoms with Crippen molar-refractivity contribution in [3.05, 3.63) is 64.7 Å². The normalized spacial score (nSPS) is 18.7. The first-order chi connectivity index (χ1) is 13.7. The molecule has 0 radical (unpaired) electrons. The van der Waals surface area contributed by atoms with Crippen molar-refractivity contribution in [2.45, 2.75) is 39.2 Å². The number of rotatable bonds is 7. The topological polar surface area (TPSA) is 75.7 Å². The third-order valence-corrected chi connectivity index (χ3v) is 5.40. The van der Waals surface area contributed by atoms with E-state index in [2.05, 4.69) is 5.32 Å². The maximum absolute atomic E-state index is 12.9. The average Bonchev–Trinajstić information content (AvgIpc) is 2.90. The molecule has 0 aliphatic carbocycles. The van der Waals surface area contributed by atoms with Gasteiger partial charge in [-0.05, 0) is 56.9 Å². The largest absolute Gasteiger partial charge is 0.497 e. The molecule has 1 atom stereocenters. The smallest absolute Gasteiger partial charge is 0.325 e. The molecular formula is C23H26N2O4. The van der Waals surface area contributed by atoms with Gasteiger partial charge in [0.25, 0.3) is 5.91 Å². The number of hydrogen-bond donors (Lipinski definition) is 1. The molecular weight excluding hydrogens is 368 g/mol. The Kier molecular flexibility index (Phi) is 5.73. The number of methoxy groups -OCH3 is 1. The summed E-state index contributed by atoms with van der Waals surface area (Å²) in [5.74, 6) is 0.154. The van der Waals surface area contributed by atoms with Crippen LogP contribution in [0.5, 0.6) is 5.75 Å². The number of imide groups is 1. The van der Waals surface area contributed by atoms with Crippen LogP contribution in [0.4, 0.5) is 4.79 Å². The van der Waals surface area contributed by atoms with Crippen molar-refractivity contribution in [3.8, 4) is 5.75 Å². The van der Waals surface area contributed by atoms with Crippen LogP contribution in [0.2, 0.25) is 0 Å². The second-order valence-corrected chi connectivity index (χ2v) is 7.74. The van der Waals surface area contributed by atoms with Gasteiger partial charge in [0, 0.05) is 5.56 Å². The number of benzene rings is 2. The maximum atomic E-state index is 12.9. The van der Waals surface area contributed by atoms with Gasteiger partial charge in [0.15, 0.2) is 5.78 Å². The van der Waals surface area contributed by atoms with Crippen molar-refractivity contribution in [2.24, 2.45) is 0 Å². The molecule has 0 saturated carbocycles. The highest BCUT2D eigenvalue weighted by Gasteiger charge is 2.47. The van der Waals surface area contributed by atoms with Gasteiger partial charge >= 0.3 is 6.03 Å². The van der Waals surface area contributed by atoms with E-state index in [0.717, 1.165) is 27.3 Å². The van der Waals surface area contributed by atoms with Crippen LogP contribution in [0.15, 0.2) is 42.5 Å². The Labute approximate surface area is 170 Å². The van der Waals surface area contributed by atoms with Gasteiger partial charge < -0.3 is 10.1 Å². The van der Waals surface area contributed by atoms with Gasteiger partial charge in [0.2, 0.25) is 0 Å². The molecule has 2 aromatic rings. The van der Waals surface area contributed by atoms with Crippen molar-refractivity contribution >= 4 is 17.7 Å². The highest BCUT2D eigenvalue weighted by molar-refractivity contribution is 6.11. The molecule has 29 heavy (non-hydrogen) atoms. The summed E-state index contributed by atoms with van der Waals surface area (Å²) in [6.07, 6.45) is 1.06. The van der Waals surface area contributed by atoms with Crippen LogP contribution < -0.4 is 10.1 Å². The number of ketones is 1. The minimum atomic E-state index is -1.03. The minimum Gasteiger partial charge on any atom is -0.497 e. The summed E-state index contributed by atoms with van der Waals surface area (Å²) < 4.78 is 5.15. The first kappa shape index (κ1) is 20.6. The Hall–Kier alpha value is -3.15. The lowest BCUT2D eigenvalue weighted by Crippen LogP contribution is -2.44. The number of urea groups is 1. The number of nitrogens with one attached hydrogen (secondary N) is 1. The van der Waals surface area contributed by atoms with E-state index in [1.54, 1.807) is 20.1 Å².